The predicted octanol–water partition coefficient (Wildman–Crippen LogP) is 2.52. The molecule has 0 saturated carbocycles. The summed E-state index contributed by atoms with van der Waals surface area (Å²) in [5, 5.41) is 2.85. The zero-order chi connectivity index (χ0) is 14.5. The molecule has 0 unspecified atom stereocenters. The zero-order valence-electron chi connectivity index (χ0n) is 11.9. The normalized spacial score (nSPS) is 11.4. The largest absolute Gasteiger partial charge is 0.352 e. The summed E-state index contributed by atoms with van der Waals surface area (Å²) in [5.41, 5.74) is 6.58. The molecule has 1 rings (SSSR count). The van der Waals surface area contributed by atoms with Crippen LogP contribution in [0.15, 0.2) is 18.2 Å². The fourth-order valence-electron chi connectivity index (χ4n) is 2.07. The van der Waals surface area contributed by atoms with E-state index in [4.69, 9.17) is 5.73 Å². The third kappa shape index (κ3) is 3.53. The van der Waals surface area contributed by atoms with Crippen LogP contribution in [0.25, 0.3) is 0 Å². The van der Waals surface area contributed by atoms with Crippen LogP contribution in [0.2, 0.25) is 0 Å². The Balaban J connectivity index is 2.70. The van der Waals surface area contributed by atoms with Crippen molar-refractivity contribution in [3.05, 3.63) is 35.1 Å². The third-order valence-corrected chi connectivity index (χ3v) is 3.92. The summed E-state index contributed by atoms with van der Waals surface area (Å²) in [6.45, 7) is 6.29. The molecule has 19 heavy (non-hydrogen) atoms. The molecular weight excluding hydrogens is 243 g/mol. The van der Waals surface area contributed by atoms with Crippen LogP contribution in [-0.2, 0) is 11.3 Å². The average molecular weight is 266 g/mol. The molecule has 3 nitrogen and oxygen atoms in total. The van der Waals surface area contributed by atoms with Gasteiger partial charge in [0.15, 0.2) is 0 Å². The second-order valence-corrected chi connectivity index (χ2v) is 4.96. The van der Waals surface area contributed by atoms with E-state index < -0.39 is 5.41 Å². The number of carbonyl (C=O) groups excluding carboxylic acids is 1. The van der Waals surface area contributed by atoms with Gasteiger partial charge >= 0.3 is 0 Å². The second-order valence-electron chi connectivity index (χ2n) is 4.96. The molecule has 1 aromatic rings. The number of carbonyl (C=O) groups is 1. The molecular formula is C15H23FN2O. The molecule has 0 atom stereocenters. The van der Waals surface area contributed by atoms with Gasteiger partial charge in [-0.05, 0) is 37.0 Å². The number of amides is 1. The number of nitrogens with one attached hydrogen (secondary N) is 1. The molecule has 1 amide bonds. The van der Waals surface area contributed by atoms with Crippen LogP contribution in [0.5, 0.6) is 0 Å². The molecule has 0 bridgehead atoms. The number of rotatable bonds is 6. The number of hydrogen-bond donors (Lipinski definition) is 2. The van der Waals surface area contributed by atoms with Crippen LogP contribution < -0.4 is 11.1 Å². The van der Waals surface area contributed by atoms with Gasteiger partial charge < -0.3 is 11.1 Å². The molecule has 4 heteroatoms. The first-order valence-electron chi connectivity index (χ1n) is 6.72. The summed E-state index contributed by atoms with van der Waals surface area (Å²) in [4.78, 5) is 12.2. The molecule has 3 N–H and O–H groups in total. The van der Waals surface area contributed by atoms with E-state index in [2.05, 4.69) is 5.32 Å². The Hall–Kier alpha value is -1.42. The van der Waals surface area contributed by atoms with Gasteiger partial charge in [-0.15, -0.1) is 0 Å². The smallest absolute Gasteiger partial charge is 0.227 e. The van der Waals surface area contributed by atoms with E-state index in [1.165, 1.54) is 6.07 Å². The van der Waals surface area contributed by atoms with Crippen molar-refractivity contribution in [3.8, 4) is 0 Å². The Morgan fingerprint density at radius 3 is 2.47 bits per heavy atom. The fourth-order valence-corrected chi connectivity index (χ4v) is 2.07. The summed E-state index contributed by atoms with van der Waals surface area (Å²) in [7, 11) is 0. The molecule has 0 fully saturated rings. The first-order valence-corrected chi connectivity index (χ1v) is 6.72. The maximum absolute atomic E-state index is 13.4. The highest BCUT2D eigenvalue weighted by molar-refractivity contribution is 5.82. The van der Waals surface area contributed by atoms with Crippen molar-refractivity contribution in [1.82, 2.24) is 5.32 Å². The van der Waals surface area contributed by atoms with Crippen molar-refractivity contribution < 1.29 is 9.18 Å². The summed E-state index contributed by atoms with van der Waals surface area (Å²) in [5.74, 6) is -0.302. The highest BCUT2D eigenvalue weighted by atomic mass is 19.1. The first-order chi connectivity index (χ1) is 8.99. The van der Waals surface area contributed by atoms with Crippen molar-refractivity contribution in [2.45, 2.75) is 40.2 Å². The highest BCUT2D eigenvalue weighted by Crippen LogP contribution is 2.25. The van der Waals surface area contributed by atoms with Crippen LogP contribution in [0, 0.1) is 18.2 Å². The summed E-state index contributed by atoms with van der Waals surface area (Å²) >= 11 is 0. The highest BCUT2D eigenvalue weighted by Gasteiger charge is 2.32. The van der Waals surface area contributed by atoms with Crippen molar-refractivity contribution in [2.75, 3.05) is 6.54 Å². The van der Waals surface area contributed by atoms with Gasteiger partial charge in [0.2, 0.25) is 5.91 Å². The van der Waals surface area contributed by atoms with Gasteiger partial charge in [-0.1, -0.05) is 26.0 Å². The molecule has 0 radical (unpaired) electrons. The van der Waals surface area contributed by atoms with E-state index in [1.807, 2.05) is 19.9 Å². The molecule has 0 spiro atoms. The van der Waals surface area contributed by atoms with E-state index >= 15 is 0 Å². The molecule has 0 aliphatic rings. The van der Waals surface area contributed by atoms with E-state index in [-0.39, 0.29) is 11.7 Å². The van der Waals surface area contributed by atoms with E-state index in [0.29, 0.717) is 31.5 Å². The van der Waals surface area contributed by atoms with Gasteiger partial charge in [-0.2, -0.15) is 0 Å². The second kappa shape index (κ2) is 6.66. The SMILES string of the molecule is CCC(CC)(CN)C(=O)NCc1ccc(C)c(F)c1. The molecule has 1 aromatic carbocycles. The van der Waals surface area contributed by atoms with Crippen molar-refractivity contribution >= 4 is 5.91 Å². The lowest BCUT2D eigenvalue weighted by Crippen LogP contribution is -2.45. The van der Waals surface area contributed by atoms with Gasteiger partial charge in [0, 0.05) is 13.1 Å². The van der Waals surface area contributed by atoms with Crippen LogP contribution in [-0.4, -0.2) is 12.5 Å². The van der Waals surface area contributed by atoms with Gasteiger partial charge in [-0.3, -0.25) is 4.79 Å². The fraction of sp³-hybridized carbons (Fsp3) is 0.533. The lowest BCUT2D eigenvalue weighted by Gasteiger charge is -2.28. The van der Waals surface area contributed by atoms with Crippen molar-refractivity contribution in [3.63, 3.8) is 0 Å². The molecule has 0 saturated heterocycles. The number of aryl methyl sites for hydroxylation is 1. The Kier molecular flexibility index (Phi) is 5.48. The summed E-state index contributed by atoms with van der Waals surface area (Å²) in [6, 6.07) is 4.99. The maximum atomic E-state index is 13.4. The average Bonchev–Trinajstić information content (AvgIpc) is 2.42. The molecule has 106 valence electrons. The number of nitrogens with two attached hydrogens (primary N) is 1. The van der Waals surface area contributed by atoms with Gasteiger partial charge in [0.1, 0.15) is 5.82 Å². The topological polar surface area (TPSA) is 55.1 Å². The first kappa shape index (κ1) is 15.6. The summed E-state index contributed by atoms with van der Waals surface area (Å²) < 4.78 is 13.4. The van der Waals surface area contributed by atoms with E-state index in [9.17, 15) is 9.18 Å². The molecule has 0 heterocycles. The minimum Gasteiger partial charge on any atom is -0.352 e. The van der Waals surface area contributed by atoms with E-state index in [0.717, 1.165) is 5.56 Å². The predicted molar refractivity (Wildman–Crippen MR) is 75.1 cm³/mol. The Labute approximate surface area is 114 Å². The lowest BCUT2D eigenvalue weighted by molar-refractivity contribution is -0.131. The zero-order valence-corrected chi connectivity index (χ0v) is 11.9. The van der Waals surface area contributed by atoms with Crippen molar-refractivity contribution in [1.29, 1.82) is 0 Å². The number of benzene rings is 1. The Morgan fingerprint density at radius 2 is 2.00 bits per heavy atom. The molecule has 0 aliphatic heterocycles. The summed E-state index contributed by atoms with van der Waals surface area (Å²) in [6.07, 6.45) is 1.40. The number of hydrogen-bond acceptors (Lipinski definition) is 2. The van der Waals surface area contributed by atoms with Crippen LogP contribution in [0.3, 0.4) is 0 Å². The van der Waals surface area contributed by atoms with E-state index in [1.54, 1.807) is 13.0 Å². The lowest BCUT2D eigenvalue weighted by atomic mass is 9.81. The molecule has 0 aliphatic carbocycles. The standard InChI is InChI=1S/C15H23FN2O/c1-4-15(5-2,10-17)14(19)18-9-12-7-6-11(3)13(16)8-12/h6-8H,4-5,9-10,17H2,1-3H3,(H,18,19). The van der Waals surface area contributed by atoms with Crippen LogP contribution in [0.4, 0.5) is 4.39 Å². The monoisotopic (exact) mass is 266 g/mol. The maximum Gasteiger partial charge on any atom is 0.227 e. The van der Waals surface area contributed by atoms with Crippen molar-refractivity contribution in [2.24, 2.45) is 11.1 Å². The third-order valence-electron chi connectivity index (χ3n) is 3.92. The Morgan fingerprint density at radius 1 is 1.37 bits per heavy atom. The molecule has 0 aromatic heterocycles. The van der Waals surface area contributed by atoms with Gasteiger partial charge in [0.05, 0.1) is 5.41 Å². The van der Waals surface area contributed by atoms with Crippen LogP contribution in [0.1, 0.15) is 37.8 Å². The minimum atomic E-state index is -0.511. The number of halogens is 1. The van der Waals surface area contributed by atoms with Crippen LogP contribution >= 0.6 is 0 Å². The van der Waals surface area contributed by atoms with Gasteiger partial charge in [0.25, 0.3) is 0 Å². The quantitative estimate of drug-likeness (QED) is 0.831. The van der Waals surface area contributed by atoms with Gasteiger partial charge in [-0.25, -0.2) is 4.39 Å². The Bertz CT molecular complexity index is 434. The minimum absolute atomic E-state index is 0.0546.